The molecule has 9 rings (SSSR count). The van der Waals surface area contributed by atoms with Gasteiger partial charge in [0.15, 0.2) is 5.69 Å². The molecular formula is C45H43BN6O2. The zero-order valence-corrected chi connectivity index (χ0v) is 31.4. The zero-order valence-electron chi connectivity index (χ0n) is 31.4. The quantitative estimate of drug-likeness (QED) is 0.132. The van der Waals surface area contributed by atoms with Crippen LogP contribution in [-0.4, -0.2) is 61.1 Å². The van der Waals surface area contributed by atoms with Crippen LogP contribution in [0.25, 0.3) is 4.85 Å². The van der Waals surface area contributed by atoms with Crippen molar-refractivity contribution in [3.63, 3.8) is 0 Å². The van der Waals surface area contributed by atoms with Crippen LogP contribution in [0.5, 0.6) is 23.0 Å². The Hall–Kier alpha value is -6.06. The predicted octanol–water partition coefficient (Wildman–Crippen LogP) is 7.35. The van der Waals surface area contributed by atoms with E-state index in [0.29, 0.717) is 11.3 Å². The summed E-state index contributed by atoms with van der Waals surface area (Å²) in [6, 6.07) is 32.1. The molecule has 5 aromatic carbocycles. The maximum absolute atomic E-state index is 11.0. The minimum Gasteiger partial charge on any atom is -0.458 e. The third-order valence-electron chi connectivity index (χ3n) is 11.7. The second kappa shape index (κ2) is 13.4. The topological polar surface area (TPSA) is 59.6 Å². The molecule has 0 bridgehead atoms. The second-order valence-corrected chi connectivity index (χ2v) is 15.4. The fourth-order valence-electron chi connectivity index (χ4n) is 8.83. The fraction of sp³-hybridized carbons (Fsp3) is 0.289. The van der Waals surface area contributed by atoms with Crippen molar-refractivity contribution in [2.24, 2.45) is 0 Å². The maximum atomic E-state index is 11.0. The van der Waals surface area contributed by atoms with Gasteiger partial charge in [-0.2, -0.15) is 5.26 Å². The normalized spacial score (nSPS) is 15.6. The number of benzene rings is 5. The Morgan fingerprint density at radius 1 is 0.630 bits per heavy atom. The Labute approximate surface area is 318 Å². The lowest BCUT2D eigenvalue weighted by molar-refractivity contribution is 0.453. The molecule has 9 heteroatoms. The lowest BCUT2D eigenvalue weighted by Gasteiger charge is -2.33. The van der Waals surface area contributed by atoms with Crippen molar-refractivity contribution >= 4 is 51.5 Å². The first-order chi connectivity index (χ1) is 26.3. The highest BCUT2D eigenvalue weighted by Crippen LogP contribution is 2.50. The van der Waals surface area contributed by atoms with Crippen molar-refractivity contribution in [2.75, 3.05) is 74.0 Å². The van der Waals surface area contributed by atoms with E-state index in [2.05, 4.69) is 103 Å². The molecule has 2 fully saturated rings. The first kappa shape index (κ1) is 33.8. The molecule has 0 atom stereocenters. The minimum atomic E-state index is -0.304. The second-order valence-electron chi connectivity index (χ2n) is 15.4. The first-order valence-electron chi connectivity index (χ1n) is 19.0. The monoisotopic (exact) mass is 710 g/mol. The van der Waals surface area contributed by atoms with Gasteiger partial charge in [0.05, 0.1) is 18.2 Å². The summed E-state index contributed by atoms with van der Waals surface area (Å²) in [5, 5.41) is 11.0. The third kappa shape index (κ3) is 5.67. The zero-order chi connectivity index (χ0) is 37.1. The summed E-state index contributed by atoms with van der Waals surface area (Å²) >= 11 is 0. The van der Waals surface area contributed by atoms with Crippen molar-refractivity contribution in [3.8, 4) is 29.1 Å². The number of hydrogen-bond donors (Lipinski definition) is 0. The standard InChI is InChI=1S/C45H43BN6O2/c1-48-40-27-36(29(28-47)22-39(40)46-37-16-12-30(49(2)3)23-43(37)54-44-24-31(50(4)5)13-17-38(44)46)45-34-14-10-32(51-18-6-7-19-51)25-41(34)53-42-26-33(11-15-35(42)45)52-20-8-9-21-52/h10-17,22-27,45H,6-9,18-21H2,2-5H3. The van der Waals surface area contributed by atoms with Crippen molar-refractivity contribution in [2.45, 2.75) is 31.6 Å². The highest BCUT2D eigenvalue weighted by Gasteiger charge is 2.37. The van der Waals surface area contributed by atoms with E-state index in [9.17, 15) is 5.26 Å². The maximum Gasteiger partial charge on any atom is 0.240 e. The van der Waals surface area contributed by atoms with Gasteiger partial charge in [0, 0.05) is 118 Å². The number of ether oxygens (including phenoxy) is 2. The number of nitriles is 1. The van der Waals surface area contributed by atoms with Gasteiger partial charge < -0.3 is 29.1 Å². The average molecular weight is 711 g/mol. The molecule has 0 amide bonds. The molecule has 0 aliphatic carbocycles. The highest BCUT2D eigenvalue weighted by atomic mass is 16.5. The third-order valence-corrected chi connectivity index (χ3v) is 11.7. The molecule has 0 spiro atoms. The summed E-state index contributed by atoms with van der Waals surface area (Å²) in [4.78, 5) is 13.2. The SMILES string of the molecule is [C-]#[N+]c1cc(C2c3ccc(N4CCCC4)cc3Oc3cc(N4CCCC4)ccc32)c(C#N)cc1B1c2ccc(N(C)C)cc2Oc2cc(N(C)C)ccc21. The van der Waals surface area contributed by atoms with Gasteiger partial charge in [-0.1, -0.05) is 41.9 Å². The van der Waals surface area contributed by atoms with Crippen LogP contribution in [0, 0.1) is 17.9 Å². The molecule has 5 aromatic rings. The van der Waals surface area contributed by atoms with E-state index in [1.165, 1.54) is 25.7 Å². The Morgan fingerprint density at radius 3 is 1.59 bits per heavy atom. The number of anilines is 4. The van der Waals surface area contributed by atoms with Crippen molar-refractivity contribution in [1.82, 2.24) is 0 Å². The van der Waals surface area contributed by atoms with Crippen molar-refractivity contribution < 1.29 is 9.47 Å². The molecule has 4 heterocycles. The first-order valence-corrected chi connectivity index (χ1v) is 19.0. The van der Waals surface area contributed by atoms with Gasteiger partial charge in [0.25, 0.3) is 0 Å². The average Bonchev–Trinajstić information content (AvgIpc) is 3.94. The molecule has 4 aliphatic heterocycles. The van der Waals surface area contributed by atoms with E-state index >= 15 is 0 Å². The van der Waals surface area contributed by atoms with E-state index in [1.807, 2.05) is 40.3 Å². The smallest absolute Gasteiger partial charge is 0.240 e. The lowest BCUT2D eigenvalue weighted by Crippen LogP contribution is -2.55. The minimum absolute atomic E-state index is 0.284. The van der Waals surface area contributed by atoms with Gasteiger partial charge in [-0.3, -0.25) is 0 Å². The number of rotatable bonds is 6. The number of nitrogens with zero attached hydrogens (tertiary/aromatic N) is 6. The van der Waals surface area contributed by atoms with E-state index in [1.54, 1.807) is 0 Å². The van der Waals surface area contributed by atoms with Crippen molar-refractivity contribution in [1.29, 1.82) is 5.26 Å². The van der Waals surface area contributed by atoms with Crippen LogP contribution < -0.4 is 45.5 Å². The Morgan fingerprint density at radius 2 is 1.13 bits per heavy atom. The number of fused-ring (bicyclic) bond motifs is 4. The van der Waals surface area contributed by atoms with E-state index in [-0.39, 0.29) is 12.6 Å². The van der Waals surface area contributed by atoms with Gasteiger partial charge in [0.1, 0.15) is 23.0 Å². The van der Waals surface area contributed by atoms with Crippen LogP contribution in [0.4, 0.5) is 28.4 Å². The van der Waals surface area contributed by atoms with Gasteiger partial charge in [-0.15, -0.1) is 0 Å². The molecule has 0 unspecified atom stereocenters. The molecule has 0 saturated carbocycles. The Balaban J connectivity index is 1.22. The molecule has 268 valence electrons. The molecular weight excluding hydrogens is 667 g/mol. The van der Waals surface area contributed by atoms with Crippen LogP contribution in [-0.2, 0) is 0 Å². The lowest BCUT2D eigenvalue weighted by atomic mass is 9.35. The molecule has 54 heavy (non-hydrogen) atoms. The van der Waals surface area contributed by atoms with Gasteiger partial charge in [-0.25, -0.2) is 4.85 Å². The van der Waals surface area contributed by atoms with Crippen LogP contribution >= 0.6 is 0 Å². The number of hydrogen-bond acceptors (Lipinski definition) is 7. The van der Waals surface area contributed by atoms with E-state index in [0.717, 1.165) is 105 Å². The summed E-state index contributed by atoms with van der Waals surface area (Å²) in [5.74, 6) is 2.85. The summed E-state index contributed by atoms with van der Waals surface area (Å²) in [6.45, 7) is 12.4. The van der Waals surface area contributed by atoms with E-state index in [4.69, 9.17) is 16.0 Å². The Bertz CT molecular complexity index is 2260. The van der Waals surface area contributed by atoms with Crippen LogP contribution in [0.3, 0.4) is 0 Å². The van der Waals surface area contributed by atoms with Gasteiger partial charge in [-0.05, 0) is 66.4 Å². The van der Waals surface area contributed by atoms with Crippen LogP contribution in [0.15, 0.2) is 84.9 Å². The predicted molar refractivity (Wildman–Crippen MR) is 220 cm³/mol. The van der Waals surface area contributed by atoms with Gasteiger partial charge in [0.2, 0.25) is 6.71 Å². The molecule has 0 radical (unpaired) electrons. The summed E-state index contributed by atoms with van der Waals surface area (Å²) in [7, 11) is 8.06. The summed E-state index contributed by atoms with van der Waals surface area (Å²) in [5.41, 5.74) is 11.0. The molecule has 2 saturated heterocycles. The highest BCUT2D eigenvalue weighted by molar-refractivity contribution is 6.97. The molecule has 8 nitrogen and oxygen atoms in total. The molecule has 0 aromatic heterocycles. The van der Waals surface area contributed by atoms with Crippen molar-refractivity contribution in [3.05, 3.63) is 119 Å². The van der Waals surface area contributed by atoms with Crippen LogP contribution in [0.1, 0.15) is 53.9 Å². The summed E-state index contributed by atoms with van der Waals surface area (Å²) < 4.78 is 13.4. The summed E-state index contributed by atoms with van der Waals surface area (Å²) in [6.07, 6.45) is 4.76. The molecule has 4 aliphatic rings. The van der Waals surface area contributed by atoms with Gasteiger partial charge >= 0.3 is 0 Å². The fourth-order valence-corrected chi connectivity index (χ4v) is 8.83. The largest absolute Gasteiger partial charge is 0.458 e. The van der Waals surface area contributed by atoms with E-state index < -0.39 is 0 Å². The molecule has 0 N–H and O–H groups in total. The Kier molecular flexibility index (Phi) is 8.39. The van der Waals surface area contributed by atoms with Crippen LogP contribution in [0.2, 0.25) is 0 Å².